The van der Waals surface area contributed by atoms with Crippen molar-refractivity contribution in [2.75, 3.05) is 6.54 Å². The third kappa shape index (κ3) is 5.13. The minimum atomic E-state index is 0.500. The van der Waals surface area contributed by atoms with Crippen molar-refractivity contribution in [2.45, 2.75) is 58.4 Å². The Morgan fingerprint density at radius 3 is 2.55 bits per heavy atom. The van der Waals surface area contributed by atoms with Gasteiger partial charge < -0.3 is 5.32 Å². The van der Waals surface area contributed by atoms with Crippen LogP contribution in [0.15, 0.2) is 42.0 Å². The summed E-state index contributed by atoms with van der Waals surface area (Å²) in [6.07, 6.45) is 10.3. The summed E-state index contributed by atoms with van der Waals surface area (Å²) in [5.74, 6) is 0.724. The van der Waals surface area contributed by atoms with Gasteiger partial charge in [0.2, 0.25) is 0 Å². The highest BCUT2D eigenvalue weighted by molar-refractivity contribution is 5.19. The van der Waals surface area contributed by atoms with Crippen LogP contribution < -0.4 is 5.32 Å². The molecule has 0 saturated heterocycles. The molecule has 1 unspecified atom stereocenters. The highest BCUT2D eigenvalue weighted by Crippen LogP contribution is 2.23. The summed E-state index contributed by atoms with van der Waals surface area (Å²) in [5.41, 5.74) is 3.10. The van der Waals surface area contributed by atoms with Crippen molar-refractivity contribution in [3.63, 3.8) is 0 Å². The third-order valence-corrected chi connectivity index (χ3v) is 4.13. The molecule has 0 bridgehead atoms. The Morgan fingerprint density at radius 2 is 1.90 bits per heavy atom. The van der Waals surface area contributed by atoms with E-state index in [1.54, 1.807) is 5.57 Å². The standard InChI is InChI=1S/C19H29N/c1-16(2)15-19(18-11-7-4-8-12-18)20-14-13-17-9-5-3-6-10-17/h4,7-9,11-12,16,19-20H,3,5-6,10,13-15H2,1-2H3. The van der Waals surface area contributed by atoms with E-state index in [0.717, 1.165) is 12.5 Å². The predicted molar refractivity (Wildman–Crippen MR) is 87.8 cm³/mol. The highest BCUT2D eigenvalue weighted by Gasteiger charge is 2.12. The first-order valence-corrected chi connectivity index (χ1v) is 8.22. The van der Waals surface area contributed by atoms with Crippen LogP contribution in [0.25, 0.3) is 0 Å². The normalized spacial score (nSPS) is 17.1. The van der Waals surface area contributed by atoms with Crippen molar-refractivity contribution >= 4 is 0 Å². The minimum Gasteiger partial charge on any atom is -0.310 e. The fourth-order valence-electron chi connectivity index (χ4n) is 3.03. The lowest BCUT2D eigenvalue weighted by molar-refractivity contribution is 0.430. The second kappa shape index (κ2) is 8.26. The van der Waals surface area contributed by atoms with Gasteiger partial charge in [-0.05, 0) is 56.6 Å². The lowest BCUT2D eigenvalue weighted by atomic mass is 9.95. The molecule has 1 aromatic carbocycles. The second-order valence-corrected chi connectivity index (χ2v) is 6.41. The zero-order valence-corrected chi connectivity index (χ0v) is 13.1. The maximum absolute atomic E-state index is 3.77. The van der Waals surface area contributed by atoms with E-state index < -0.39 is 0 Å². The molecule has 0 amide bonds. The van der Waals surface area contributed by atoms with Crippen LogP contribution in [0.1, 0.15) is 64.0 Å². The third-order valence-electron chi connectivity index (χ3n) is 4.13. The van der Waals surface area contributed by atoms with Gasteiger partial charge in [0.05, 0.1) is 0 Å². The number of hydrogen-bond donors (Lipinski definition) is 1. The van der Waals surface area contributed by atoms with Crippen molar-refractivity contribution in [1.82, 2.24) is 5.32 Å². The molecular weight excluding hydrogens is 242 g/mol. The summed E-state index contributed by atoms with van der Waals surface area (Å²) in [5, 5.41) is 3.77. The first-order valence-electron chi connectivity index (χ1n) is 8.22. The largest absolute Gasteiger partial charge is 0.310 e. The lowest BCUT2D eigenvalue weighted by Crippen LogP contribution is -2.24. The summed E-state index contributed by atoms with van der Waals surface area (Å²) >= 11 is 0. The Kier molecular flexibility index (Phi) is 6.32. The van der Waals surface area contributed by atoms with Crippen LogP contribution in [0.2, 0.25) is 0 Å². The number of nitrogens with one attached hydrogen (secondary N) is 1. The van der Waals surface area contributed by atoms with E-state index in [1.165, 1.54) is 44.1 Å². The number of hydrogen-bond acceptors (Lipinski definition) is 1. The molecule has 1 atom stereocenters. The van der Waals surface area contributed by atoms with E-state index in [2.05, 4.69) is 55.6 Å². The van der Waals surface area contributed by atoms with Crippen molar-refractivity contribution < 1.29 is 0 Å². The minimum absolute atomic E-state index is 0.500. The molecule has 20 heavy (non-hydrogen) atoms. The molecule has 0 heterocycles. The van der Waals surface area contributed by atoms with Gasteiger partial charge >= 0.3 is 0 Å². The maximum atomic E-state index is 3.77. The van der Waals surface area contributed by atoms with E-state index in [1.807, 2.05) is 0 Å². The van der Waals surface area contributed by atoms with Gasteiger partial charge in [-0.1, -0.05) is 55.8 Å². The lowest BCUT2D eigenvalue weighted by Gasteiger charge is -2.22. The molecule has 1 aliphatic rings. The fraction of sp³-hybridized carbons (Fsp3) is 0.579. The molecule has 110 valence electrons. The average Bonchev–Trinajstić information content (AvgIpc) is 2.48. The van der Waals surface area contributed by atoms with E-state index in [0.29, 0.717) is 6.04 Å². The van der Waals surface area contributed by atoms with Gasteiger partial charge in [-0.25, -0.2) is 0 Å². The molecular formula is C19H29N. The molecule has 1 heteroatoms. The molecule has 1 N–H and O–H groups in total. The second-order valence-electron chi connectivity index (χ2n) is 6.41. The molecule has 2 rings (SSSR count). The zero-order valence-electron chi connectivity index (χ0n) is 13.1. The van der Waals surface area contributed by atoms with Crippen molar-refractivity contribution in [3.8, 4) is 0 Å². The van der Waals surface area contributed by atoms with E-state index in [9.17, 15) is 0 Å². The van der Waals surface area contributed by atoms with Crippen molar-refractivity contribution in [1.29, 1.82) is 0 Å². The Morgan fingerprint density at radius 1 is 1.10 bits per heavy atom. The quantitative estimate of drug-likeness (QED) is 0.667. The Hall–Kier alpha value is -1.08. The summed E-state index contributed by atoms with van der Waals surface area (Å²) < 4.78 is 0. The molecule has 1 nitrogen and oxygen atoms in total. The van der Waals surface area contributed by atoms with Gasteiger partial charge in [-0.15, -0.1) is 0 Å². The van der Waals surface area contributed by atoms with Crippen LogP contribution in [0.5, 0.6) is 0 Å². The Balaban J connectivity index is 1.86. The SMILES string of the molecule is CC(C)CC(NCCC1=CCCCC1)c1ccccc1. The molecule has 0 aliphatic heterocycles. The molecule has 1 aromatic rings. The Labute approximate surface area is 124 Å². The van der Waals surface area contributed by atoms with Crippen LogP contribution in [0, 0.1) is 5.92 Å². The summed E-state index contributed by atoms with van der Waals surface area (Å²) in [7, 11) is 0. The molecule has 0 radical (unpaired) electrons. The molecule has 1 aliphatic carbocycles. The predicted octanol–water partition coefficient (Wildman–Crippen LogP) is 5.25. The van der Waals surface area contributed by atoms with E-state index >= 15 is 0 Å². The van der Waals surface area contributed by atoms with Crippen LogP contribution in [-0.2, 0) is 0 Å². The van der Waals surface area contributed by atoms with Gasteiger partial charge in [0.15, 0.2) is 0 Å². The van der Waals surface area contributed by atoms with Gasteiger partial charge in [0.1, 0.15) is 0 Å². The maximum Gasteiger partial charge on any atom is 0.0322 e. The average molecular weight is 271 g/mol. The van der Waals surface area contributed by atoms with Crippen LogP contribution >= 0.6 is 0 Å². The Bertz CT molecular complexity index is 405. The summed E-state index contributed by atoms with van der Waals surface area (Å²) in [6, 6.07) is 11.4. The van der Waals surface area contributed by atoms with E-state index in [-0.39, 0.29) is 0 Å². The van der Waals surface area contributed by atoms with Crippen LogP contribution in [0.4, 0.5) is 0 Å². The molecule has 0 saturated carbocycles. The fourth-order valence-corrected chi connectivity index (χ4v) is 3.03. The van der Waals surface area contributed by atoms with Crippen molar-refractivity contribution in [2.24, 2.45) is 5.92 Å². The first kappa shape index (κ1) is 15.3. The van der Waals surface area contributed by atoms with Crippen molar-refractivity contribution in [3.05, 3.63) is 47.5 Å². The van der Waals surface area contributed by atoms with E-state index in [4.69, 9.17) is 0 Å². The van der Waals surface area contributed by atoms with Crippen LogP contribution in [0.3, 0.4) is 0 Å². The highest BCUT2D eigenvalue weighted by atomic mass is 14.9. The molecule has 0 aromatic heterocycles. The monoisotopic (exact) mass is 271 g/mol. The van der Waals surface area contributed by atoms with Gasteiger partial charge in [0, 0.05) is 6.04 Å². The van der Waals surface area contributed by atoms with Gasteiger partial charge in [-0.2, -0.15) is 0 Å². The number of rotatable bonds is 7. The number of allylic oxidation sites excluding steroid dienone is 1. The van der Waals surface area contributed by atoms with Crippen LogP contribution in [-0.4, -0.2) is 6.54 Å². The van der Waals surface area contributed by atoms with Gasteiger partial charge in [-0.3, -0.25) is 0 Å². The van der Waals surface area contributed by atoms with Gasteiger partial charge in [0.25, 0.3) is 0 Å². The molecule has 0 spiro atoms. The summed E-state index contributed by atoms with van der Waals surface area (Å²) in [6.45, 7) is 5.72. The smallest absolute Gasteiger partial charge is 0.0322 e. The molecule has 0 fully saturated rings. The first-order chi connectivity index (χ1) is 9.75. The number of benzene rings is 1. The zero-order chi connectivity index (χ0) is 14.2. The topological polar surface area (TPSA) is 12.0 Å². The summed E-state index contributed by atoms with van der Waals surface area (Å²) in [4.78, 5) is 0.